The number of aryl methyl sites for hydroxylation is 1. The van der Waals surface area contributed by atoms with Crippen LogP contribution in [0.4, 0.5) is 5.69 Å². The highest BCUT2D eigenvalue weighted by atomic mass is 16.6. The molecule has 0 spiro atoms. The third kappa shape index (κ3) is 2.87. The lowest BCUT2D eigenvalue weighted by molar-refractivity contribution is -0.385. The number of hydrogen-bond acceptors (Lipinski definition) is 5. The highest BCUT2D eigenvalue weighted by Crippen LogP contribution is 2.27. The minimum absolute atomic E-state index is 0.134. The summed E-state index contributed by atoms with van der Waals surface area (Å²) in [5.74, 6) is -0.269. The van der Waals surface area contributed by atoms with Gasteiger partial charge in [0, 0.05) is 24.2 Å². The number of fused-ring (bicyclic) bond motifs is 2. The Morgan fingerprint density at radius 3 is 2.71 bits per heavy atom. The first-order valence-electron chi connectivity index (χ1n) is 7.21. The van der Waals surface area contributed by atoms with E-state index in [0.29, 0.717) is 17.8 Å². The van der Waals surface area contributed by atoms with Crippen molar-refractivity contribution in [2.45, 2.75) is 50.7 Å². The number of nitrogens with one attached hydrogen (secondary N) is 2. The van der Waals surface area contributed by atoms with Crippen LogP contribution in [0.2, 0.25) is 0 Å². The van der Waals surface area contributed by atoms with E-state index in [9.17, 15) is 14.9 Å². The molecule has 2 aliphatic heterocycles. The quantitative estimate of drug-likeness (QED) is 0.646. The molecule has 3 heterocycles. The van der Waals surface area contributed by atoms with Gasteiger partial charge in [0.1, 0.15) is 6.20 Å². The fraction of sp³-hybridized carbons (Fsp3) is 0.571. The fourth-order valence-electron chi connectivity index (χ4n) is 3.29. The van der Waals surface area contributed by atoms with E-state index < -0.39 is 4.92 Å². The van der Waals surface area contributed by atoms with E-state index in [2.05, 4.69) is 15.6 Å². The van der Waals surface area contributed by atoms with Crippen molar-refractivity contribution in [1.82, 2.24) is 15.6 Å². The number of amides is 1. The summed E-state index contributed by atoms with van der Waals surface area (Å²) in [6.45, 7) is 1.69. The summed E-state index contributed by atoms with van der Waals surface area (Å²) in [5.41, 5.74) is 0.640. The standard InChI is InChI=1S/C14H18N4O3/c1-8-13(6-12(7-15-8)18(20)21)14(19)17-11-4-9-2-3-10(5-11)16-9/h6-7,9-11,16H,2-5H2,1H3,(H,17,19). The molecular formula is C14H18N4O3. The summed E-state index contributed by atoms with van der Waals surface area (Å²) in [5, 5.41) is 17.3. The van der Waals surface area contributed by atoms with Gasteiger partial charge in [-0.2, -0.15) is 0 Å². The van der Waals surface area contributed by atoms with Crippen LogP contribution in [0.3, 0.4) is 0 Å². The molecule has 7 heteroatoms. The minimum atomic E-state index is -0.534. The van der Waals surface area contributed by atoms with Crippen LogP contribution in [-0.2, 0) is 0 Å². The first kappa shape index (κ1) is 13.9. The summed E-state index contributed by atoms with van der Waals surface area (Å²) in [6.07, 6.45) is 5.34. The summed E-state index contributed by atoms with van der Waals surface area (Å²) >= 11 is 0. The highest BCUT2D eigenvalue weighted by Gasteiger charge is 2.34. The lowest BCUT2D eigenvalue weighted by Crippen LogP contribution is -2.48. The van der Waals surface area contributed by atoms with Crippen LogP contribution in [0, 0.1) is 17.0 Å². The summed E-state index contributed by atoms with van der Waals surface area (Å²) in [4.78, 5) is 26.6. The Morgan fingerprint density at radius 1 is 1.43 bits per heavy atom. The second-order valence-electron chi connectivity index (χ2n) is 5.86. The van der Waals surface area contributed by atoms with E-state index in [1.54, 1.807) is 6.92 Å². The Labute approximate surface area is 122 Å². The van der Waals surface area contributed by atoms with E-state index >= 15 is 0 Å². The molecule has 2 fully saturated rings. The first-order chi connectivity index (χ1) is 10.0. The maximum atomic E-state index is 12.3. The molecule has 2 saturated heterocycles. The molecule has 0 radical (unpaired) electrons. The summed E-state index contributed by atoms with van der Waals surface area (Å²) in [7, 11) is 0. The molecule has 1 amide bonds. The maximum absolute atomic E-state index is 12.3. The van der Waals surface area contributed by atoms with E-state index in [4.69, 9.17) is 0 Å². The molecule has 2 bridgehead atoms. The number of piperidine rings is 1. The van der Waals surface area contributed by atoms with E-state index in [1.165, 1.54) is 12.3 Å². The smallest absolute Gasteiger partial charge is 0.288 e. The zero-order valence-corrected chi connectivity index (χ0v) is 11.8. The van der Waals surface area contributed by atoms with Crippen LogP contribution >= 0.6 is 0 Å². The van der Waals surface area contributed by atoms with Gasteiger partial charge in [-0.1, -0.05) is 0 Å². The molecule has 1 aromatic heterocycles. The Kier molecular flexibility index (Phi) is 3.59. The Morgan fingerprint density at radius 2 is 2.10 bits per heavy atom. The van der Waals surface area contributed by atoms with Gasteiger partial charge in [-0.15, -0.1) is 0 Å². The van der Waals surface area contributed by atoms with Gasteiger partial charge >= 0.3 is 0 Å². The van der Waals surface area contributed by atoms with Crippen LogP contribution in [0.1, 0.15) is 41.7 Å². The average Bonchev–Trinajstić information content (AvgIpc) is 2.78. The second-order valence-corrected chi connectivity index (χ2v) is 5.86. The van der Waals surface area contributed by atoms with Gasteiger partial charge in [0.15, 0.2) is 0 Å². The summed E-state index contributed by atoms with van der Waals surface area (Å²) in [6, 6.07) is 2.40. The van der Waals surface area contributed by atoms with Crippen molar-refractivity contribution in [2.24, 2.45) is 0 Å². The Bertz CT molecular complexity index is 578. The lowest BCUT2D eigenvalue weighted by atomic mass is 9.99. The van der Waals surface area contributed by atoms with Gasteiger partial charge < -0.3 is 10.6 Å². The van der Waals surface area contributed by atoms with Crippen molar-refractivity contribution in [1.29, 1.82) is 0 Å². The second kappa shape index (κ2) is 5.40. The molecule has 2 unspecified atom stereocenters. The van der Waals surface area contributed by atoms with Gasteiger partial charge in [0.2, 0.25) is 0 Å². The van der Waals surface area contributed by atoms with Crippen LogP contribution in [0.25, 0.3) is 0 Å². The normalized spacial score (nSPS) is 27.4. The van der Waals surface area contributed by atoms with E-state index in [0.717, 1.165) is 25.7 Å². The molecule has 0 aliphatic carbocycles. The number of carbonyl (C=O) groups is 1. The van der Waals surface area contributed by atoms with Crippen molar-refractivity contribution < 1.29 is 9.72 Å². The third-order valence-electron chi connectivity index (χ3n) is 4.34. The first-order valence-corrected chi connectivity index (χ1v) is 7.21. The Balaban J connectivity index is 1.73. The molecule has 112 valence electrons. The van der Waals surface area contributed by atoms with Crippen molar-refractivity contribution in [2.75, 3.05) is 0 Å². The van der Waals surface area contributed by atoms with Crippen LogP contribution < -0.4 is 10.6 Å². The van der Waals surface area contributed by atoms with Crippen LogP contribution in [0.5, 0.6) is 0 Å². The minimum Gasteiger partial charge on any atom is -0.349 e. The van der Waals surface area contributed by atoms with Gasteiger partial charge in [-0.3, -0.25) is 19.9 Å². The summed E-state index contributed by atoms with van der Waals surface area (Å²) < 4.78 is 0. The molecule has 2 aliphatic rings. The molecule has 3 rings (SSSR count). The molecule has 7 nitrogen and oxygen atoms in total. The number of nitrogens with zero attached hydrogens (tertiary/aromatic N) is 2. The SMILES string of the molecule is Cc1ncc([N+](=O)[O-])cc1C(=O)NC1CC2CCC(C1)N2. The van der Waals surface area contributed by atoms with Gasteiger partial charge in [-0.25, -0.2) is 0 Å². The predicted octanol–water partition coefficient (Wildman–Crippen LogP) is 1.31. The van der Waals surface area contributed by atoms with Crippen molar-refractivity contribution in [3.05, 3.63) is 33.6 Å². The van der Waals surface area contributed by atoms with Crippen molar-refractivity contribution in [3.8, 4) is 0 Å². The van der Waals surface area contributed by atoms with Gasteiger partial charge in [0.05, 0.1) is 16.2 Å². The van der Waals surface area contributed by atoms with Gasteiger partial charge in [0.25, 0.3) is 11.6 Å². The Hall–Kier alpha value is -2.02. The van der Waals surface area contributed by atoms with Crippen molar-refractivity contribution >= 4 is 11.6 Å². The number of carbonyl (C=O) groups excluding carboxylic acids is 1. The third-order valence-corrected chi connectivity index (χ3v) is 4.34. The molecule has 0 aromatic carbocycles. The molecule has 2 atom stereocenters. The van der Waals surface area contributed by atoms with Crippen LogP contribution in [0.15, 0.2) is 12.3 Å². The molecule has 2 N–H and O–H groups in total. The monoisotopic (exact) mass is 290 g/mol. The predicted molar refractivity (Wildman–Crippen MR) is 76.1 cm³/mol. The van der Waals surface area contributed by atoms with Crippen molar-refractivity contribution in [3.63, 3.8) is 0 Å². The molecule has 0 saturated carbocycles. The zero-order chi connectivity index (χ0) is 15.0. The van der Waals surface area contributed by atoms with Gasteiger partial charge in [-0.05, 0) is 32.6 Å². The molecular weight excluding hydrogens is 272 g/mol. The highest BCUT2D eigenvalue weighted by molar-refractivity contribution is 5.95. The number of pyridine rings is 1. The average molecular weight is 290 g/mol. The largest absolute Gasteiger partial charge is 0.349 e. The number of rotatable bonds is 3. The number of nitro groups is 1. The lowest BCUT2D eigenvalue weighted by Gasteiger charge is -2.29. The fourth-order valence-corrected chi connectivity index (χ4v) is 3.29. The number of aromatic nitrogens is 1. The van der Waals surface area contributed by atoms with Crippen LogP contribution in [-0.4, -0.2) is 33.9 Å². The molecule has 1 aromatic rings. The number of hydrogen-bond donors (Lipinski definition) is 2. The van der Waals surface area contributed by atoms with E-state index in [1.807, 2.05) is 0 Å². The molecule has 21 heavy (non-hydrogen) atoms. The topological polar surface area (TPSA) is 97.2 Å². The zero-order valence-electron chi connectivity index (χ0n) is 11.8. The van der Waals surface area contributed by atoms with E-state index in [-0.39, 0.29) is 23.2 Å². The maximum Gasteiger partial charge on any atom is 0.288 e.